The SMILES string of the molecule is CCCCOCc1ccc(-c2nc(N)nc(N)c2C#N)cc1. The van der Waals surface area contributed by atoms with Crippen molar-refractivity contribution in [3.05, 3.63) is 35.4 Å². The molecule has 0 saturated carbocycles. The molecule has 0 radical (unpaired) electrons. The summed E-state index contributed by atoms with van der Waals surface area (Å²) >= 11 is 0. The van der Waals surface area contributed by atoms with E-state index in [0.29, 0.717) is 12.3 Å². The first-order valence-corrected chi connectivity index (χ1v) is 7.15. The summed E-state index contributed by atoms with van der Waals surface area (Å²) in [6, 6.07) is 9.66. The fourth-order valence-corrected chi connectivity index (χ4v) is 2.01. The Kier molecular flexibility index (Phi) is 5.28. The Bertz CT molecular complexity index is 676. The molecule has 0 amide bonds. The summed E-state index contributed by atoms with van der Waals surface area (Å²) in [6.07, 6.45) is 2.18. The molecule has 0 spiro atoms. The summed E-state index contributed by atoms with van der Waals surface area (Å²) in [7, 11) is 0. The van der Waals surface area contributed by atoms with Gasteiger partial charge in [0.25, 0.3) is 0 Å². The predicted octanol–water partition coefficient (Wildman–Crippen LogP) is 2.50. The number of nitrogen functional groups attached to an aromatic ring is 2. The maximum atomic E-state index is 9.20. The number of hydrogen-bond donors (Lipinski definition) is 2. The van der Waals surface area contributed by atoms with E-state index >= 15 is 0 Å². The van der Waals surface area contributed by atoms with Crippen LogP contribution < -0.4 is 11.5 Å². The molecule has 2 aromatic rings. The van der Waals surface area contributed by atoms with Gasteiger partial charge in [0.15, 0.2) is 0 Å². The quantitative estimate of drug-likeness (QED) is 0.792. The molecule has 0 unspecified atom stereocenters. The molecule has 0 aliphatic carbocycles. The van der Waals surface area contributed by atoms with Gasteiger partial charge >= 0.3 is 0 Å². The highest BCUT2D eigenvalue weighted by Gasteiger charge is 2.12. The van der Waals surface area contributed by atoms with E-state index in [1.54, 1.807) is 0 Å². The minimum Gasteiger partial charge on any atom is -0.382 e. The van der Waals surface area contributed by atoms with Crippen LogP contribution in [0.2, 0.25) is 0 Å². The second-order valence-corrected chi connectivity index (χ2v) is 4.91. The molecule has 0 fully saturated rings. The molecule has 0 saturated heterocycles. The third-order valence-electron chi connectivity index (χ3n) is 3.20. The van der Waals surface area contributed by atoms with Crippen LogP contribution in [0.25, 0.3) is 11.3 Å². The number of nitrogens with two attached hydrogens (primary N) is 2. The Hall–Kier alpha value is -2.65. The highest BCUT2D eigenvalue weighted by molar-refractivity contribution is 5.73. The number of ether oxygens (including phenoxy) is 1. The zero-order chi connectivity index (χ0) is 15.9. The normalized spacial score (nSPS) is 10.4. The number of hydrogen-bond acceptors (Lipinski definition) is 6. The van der Waals surface area contributed by atoms with Crippen LogP contribution in [0.15, 0.2) is 24.3 Å². The van der Waals surface area contributed by atoms with E-state index < -0.39 is 0 Å². The molecule has 6 nitrogen and oxygen atoms in total. The van der Waals surface area contributed by atoms with Crippen molar-refractivity contribution in [1.29, 1.82) is 5.26 Å². The fraction of sp³-hybridized carbons (Fsp3) is 0.312. The van der Waals surface area contributed by atoms with Crippen LogP contribution in [0.3, 0.4) is 0 Å². The highest BCUT2D eigenvalue weighted by atomic mass is 16.5. The fourth-order valence-electron chi connectivity index (χ4n) is 2.01. The van der Waals surface area contributed by atoms with Gasteiger partial charge in [-0.3, -0.25) is 0 Å². The predicted molar refractivity (Wildman–Crippen MR) is 85.6 cm³/mol. The minimum absolute atomic E-state index is 0.0541. The van der Waals surface area contributed by atoms with Crippen molar-refractivity contribution in [1.82, 2.24) is 9.97 Å². The number of rotatable bonds is 6. The third kappa shape index (κ3) is 3.71. The van der Waals surface area contributed by atoms with Crippen LogP contribution in [0, 0.1) is 11.3 Å². The van der Waals surface area contributed by atoms with E-state index in [1.165, 1.54) is 0 Å². The summed E-state index contributed by atoms with van der Waals surface area (Å²) in [5.74, 6) is 0.149. The molecule has 0 atom stereocenters. The van der Waals surface area contributed by atoms with Gasteiger partial charge in [0.1, 0.15) is 17.5 Å². The molecule has 6 heteroatoms. The number of anilines is 2. The van der Waals surface area contributed by atoms with E-state index in [0.717, 1.165) is 30.6 Å². The van der Waals surface area contributed by atoms with E-state index in [4.69, 9.17) is 16.2 Å². The van der Waals surface area contributed by atoms with Crippen LogP contribution >= 0.6 is 0 Å². The molecule has 0 bridgehead atoms. The molecule has 4 N–H and O–H groups in total. The van der Waals surface area contributed by atoms with Crippen LogP contribution in [0.5, 0.6) is 0 Å². The van der Waals surface area contributed by atoms with Gasteiger partial charge < -0.3 is 16.2 Å². The van der Waals surface area contributed by atoms with Gasteiger partial charge in [0, 0.05) is 12.2 Å². The largest absolute Gasteiger partial charge is 0.382 e. The van der Waals surface area contributed by atoms with E-state index in [9.17, 15) is 5.26 Å². The van der Waals surface area contributed by atoms with Crippen LogP contribution in [0.4, 0.5) is 11.8 Å². The Morgan fingerprint density at radius 2 is 1.91 bits per heavy atom. The van der Waals surface area contributed by atoms with Crippen molar-refractivity contribution in [2.75, 3.05) is 18.1 Å². The van der Waals surface area contributed by atoms with Crippen molar-refractivity contribution < 1.29 is 4.74 Å². The first-order valence-electron chi connectivity index (χ1n) is 7.15. The smallest absolute Gasteiger partial charge is 0.222 e. The summed E-state index contributed by atoms with van der Waals surface area (Å²) < 4.78 is 5.57. The van der Waals surface area contributed by atoms with Crippen molar-refractivity contribution in [2.24, 2.45) is 0 Å². The van der Waals surface area contributed by atoms with E-state index in [2.05, 4.69) is 16.9 Å². The number of aromatic nitrogens is 2. The van der Waals surface area contributed by atoms with E-state index in [-0.39, 0.29) is 17.3 Å². The molecule has 1 aromatic carbocycles. The van der Waals surface area contributed by atoms with Crippen LogP contribution in [0.1, 0.15) is 30.9 Å². The van der Waals surface area contributed by atoms with Crippen molar-refractivity contribution >= 4 is 11.8 Å². The maximum Gasteiger partial charge on any atom is 0.222 e. The summed E-state index contributed by atoms with van der Waals surface area (Å²) in [6.45, 7) is 3.46. The Labute approximate surface area is 129 Å². The van der Waals surface area contributed by atoms with Gasteiger partial charge in [-0.15, -0.1) is 0 Å². The highest BCUT2D eigenvalue weighted by Crippen LogP contribution is 2.25. The topological polar surface area (TPSA) is 111 Å². The summed E-state index contributed by atoms with van der Waals surface area (Å²) in [5, 5.41) is 9.20. The number of nitriles is 1. The summed E-state index contributed by atoms with van der Waals surface area (Å²) in [5.41, 5.74) is 13.9. The molecule has 1 heterocycles. The standard InChI is InChI=1S/C16H19N5O/c1-2-3-8-22-10-11-4-6-12(7-5-11)14-13(9-17)15(18)21-16(19)20-14/h4-7H,2-3,8,10H2,1H3,(H4,18,19,20,21). The van der Waals surface area contributed by atoms with Crippen LogP contribution in [-0.4, -0.2) is 16.6 Å². The Balaban J connectivity index is 2.19. The lowest BCUT2D eigenvalue weighted by atomic mass is 10.1. The average molecular weight is 297 g/mol. The molecule has 22 heavy (non-hydrogen) atoms. The van der Waals surface area contributed by atoms with Crippen molar-refractivity contribution in [3.63, 3.8) is 0 Å². The van der Waals surface area contributed by atoms with Crippen molar-refractivity contribution in [2.45, 2.75) is 26.4 Å². The lowest BCUT2D eigenvalue weighted by Crippen LogP contribution is -2.05. The maximum absolute atomic E-state index is 9.20. The molecule has 0 aliphatic heterocycles. The van der Waals surface area contributed by atoms with Gasteiger partial charge in [-0.25, -0.2) is 4.98 Å². The zero-order valence-corrected chi connectivity index (χ0v) is 12.5. The minimum atomic E-state index is 0.0541. The van der Waals surface area contributed by atoms with Crippen molar-refractivity contribution in [3.8, 4) is 17.3 Å². The Morgan fingerprint density at radius 1 is 1.18 bits per heavy atom. The molecular formula is C16H19N5O. The number of nitrogens with zero attached hydrogens (tertiary/aromatic N) is 3. The monoisotopic (exact) mass is 297 g/mol. The third-order valence-corrected chi connectivity index (χ3v) is 3.20. The lowest BCUT2D eigenvalue weighted by molar-refractivity contribution is 0.118. The number of benzene rings is 1. The van der Waals surface area contributed by atoms with Gasteiger partial charge in [-0.05, 0) is 12.0 Å². The van der Waals surface area contributed by atoms with Gasteiger partial charge in [0.2, 0.25) is 5.95 Å². The second kappa shape index (κ2) is 7.38. The molecule has 114 valence electrons. The van der Waals surface area contributed by atoms with E-state index in [1.807, 2.05) is 30.3 Å². The first kappa shape index (κ1) is 15.7. The molecule has 0 aliphatic rings. The zero-order valence-electron chi connectivity index (χ0n) is 12.5. The molecule has 1 aromatic heterocycles. The summed E-state index contributed by atoms with van der Waals surface area (Å²) in [4.78, 5) is 7.93. The molecular weight excluding hydrogens is 278 g/mol. The first-order chi connectivity index (χ1) is 10.7. The van der Waals surface area contributed by atoms with Gasteiger partial charge in [-0.1, -0.05) is 37.6 Å². The van der Waals surface area contributed by atoms with Gasteiger partial charge in [0.05, 0.1) is 12.3 Å². The lowest BCUT2D eigenvalue weighted by Gasteiger charge is -2.08. The average Bonchev–Trinajstić information content (AvgIpc) is 2.51. The number of unbranched alkanes of at least 4 members (excludes halogenated alkanes) is 1. The second-order valence-electron chi connectivity index (χ2n) is 4.91. The molecule has 2 rings (SSSR count). The Morgan fingerprint density at radius 3 is 2.55 bits per heavy atom. The van der Waals surface area contributed by atoms with Crippen LogP contribution in [-0.2, 0) is 11.3 Å². The van der Waals surface area contributed by atoms with Gasteiger partial charge in [-0.2, -0.15) is 10.2 Å².